The maximum Gasteiger partial charge on any atom is 0.255 e. The monoisotopic (exact) mass is 397 g/mol. The van der Waals surface area contributed by atoms with E-state index in [1.165, 1.54) is 0 Å². The van der Waals surface area contributed by atoms with E-state index in [2.05, 4.69) is 0 Å². The molecule has 1 aliphatic heterocycles. The van der Waals surface area contributed by atoms with Crippen molar-refractivity contribution in [2.24, 2.45) is 0 Å². The van der Waals surface area contributed by atoms with Gasteiger partial charge in [-0.15, -0.1) is 0 Å². The number of ether oxygens (including phenoxy) is 1. The standard InChI is InChI=1S/C22H20ClNO4/c1-13-9-14(5-7-18(13)23)12-28-21-4-2-3-16-17(21)11-24(22(16)27)19-8-6-15(25)10-20(19)26/h2-5,7,9,19H,6,8,10-12H2,1H3. The second kappa shape index (κ2) is 7.40. The number of Topliss-reactive ketones (excluding diaryl/α,β-unsaturated/α-hetero) is 2. The highest BCUT2D eigenvalue weighted by Crippen LogP contribution is 2.34. The predicted molar refractivity (Wildman–Crippen MR) is 104 cm³/mol. The van der Waals surface area contributed by atoms with Gasteiger partial charge >= 0.3 is 0 Å². The van der Waals surface area contributed by atoms with Gasteiger partial charge < -0.3 is 9.64 Å². The Kier molecular flexibility index (Phi) is 4.94. The van der Waals surface area contributed by atoms with Crippen molar-refractivity contribution in [2.75, 3.05) is 0 Å². The first-order chi connectivity index (χ1) is 13.4. The molecule has 1 unspecified atom stereocenters. The summed E-state index contributed by atoms with van der Waals surface area (Å²) in [5, 5.41) is 0.709. The zero-order chi connectivity index (χ0) is 19.8. The van der Waals surface area contributed by atoms with Gasteiger partial charge in [0.25, 0.3) is 5.91 Å². The van der Waals surface area contributed by atoms with Crippen LogP contribution in [0, 0.1) is 6.92 Å². The van der Waals surface area contributed by atoms with Gasteiger partial charge in [-0.2, -0.15) is 0 Å². The molecule has 0 bridgehead atoms. The minimum absolute atomic E-state index is 0.0484. The molecule has 2 aliphatic rings. The lowest BCUT2D eigenvalue weighted by atomic mass is 9.92. The molecule has 0 N–H and O–H groups in total. The van der Waals surface area contributed by atoms with Crippen molar-refractivity contribution in [3.8, 4) is 5.75 Å². The lowest BCUT2D eigenvalue weighted by Gasteiger charge is -2.29. The molecule has 144 valence electrons. The van der Waals surface area contributed by atoms with Gasteiger partial charge in [0.1, 0.15) is 18.1 Å². The molecule has 28 heavy (non-hydrogen) atoms. The maximum absolute atomic E-state index is 12.9. The summed E-state index contributed by atoms with van der Waals surface area (Å²) in [4.78, 5) is 38.2. The van der Waals surface area contributed by atoms with Crippen molar-refractivity contribution in [3.63, 3.8) is 0 Å². The number of benzene rings is 2. The van der Waals surface area contributed by atoms with Crippen LogP contribution in [0.1, 0.15) is 46.3 Å². The van der Waals surface area contributed by atoms with Crippen molar-refractivity contribution in [1.29, 1.82) is 0 Å². The number of ketones is 2. The quantitative estimate of drug-likeness (QED) is 0.734. The molecule has 2 aromatic rings. The fraction of sp³-hybridized carbons (Fsp3) is 0.318. The number of nitrogens with zero attached hydrogens (tertiary/aromatic N) is 1. The summed E-state index contributed by atoms with van der Waals surface area (Å²) in [6.45, 7) is 2.63. The van der Waals surface area contributed by atoms with E-state index in [0.717, 1.165) is 16.7 Å². The molecule has 1 atom stereocenters. The third-order valence-electron chi connectivity index (χ3n) is 5.39. The molecule has 1 saturated carbocycles. The highest BCUT2D eigenvalue weighted by atomic mass is 35.5. The number of carbonyl (C=O) groups excluding carboxylic acids is 3. The second-order valence-electron chi connectivity index (χ2n) is 7.32. The van der Waals surface area contributed by atoms with Gasteiger partial charge in [-0.05, 0) is 42.7 Å². The molecule has 5 nitrogen and oxygen atoms in total. The van der Waals surface area contributed by atoms with Gasteiger partial charge in [0, 0.05) is 22.6 Å². The molecule has 0 aromatic heterocycles. The van der Waals surface area contributed by atoms with Crippen LogP contribution in [-0.2, 0) is 22.7 Å². The van der Waals surface area contributed by atoms with E-state index in [9.17, 15) is 14.4 Å². The summed E-state index contributed by atoms with van der Waals surface area (Å²) in [5.41, 5.74) is 3.33. The van der Waals surface area contributed by atoms with Crippen molar-refractivity contribution in [1.82, 2.24) is 4.90 Å². The molecule has 4 rings (SSSR count). The number of fused-ring (bicyclic) bond motifs is 1. The molecule has 1 amide bonds. The summed E-state index contributed by atoms with van der Waals surface area (Å²) in [6, 6.07) is 10.6. The van der Waals surface area contributed by atoms with E-state index in [1.807, 2.05) is 31.2 Å². The van der Waals surface area contributed by atoms with Crippen molar-refractivity contribution >= 4 is 29.1 Å². The fourth-order valence-electron chi connectivity index (χ4n) is 3.86. The molecule has 1 heterocycles. The molecule has 1 fully saturated rings. The van der Waals surface area contributed by atoms with Gasteiger partial charge in [-0.3, -0.25) is 14.4 Å². The number of amides is 1. The third kappa shape index (κ3) is 3.42. The highest BCUT2D eigenvalue weighted by molar-refractivity contribution is 6.31. The van der Waals surface area contributed by atoms with Gasteiger partial charge in [0.05, 0.1) is 19.0 Å². The first-order valence-electron chi connectivity index (χ1n) is 9.29. The average Bonchev–Trinajstić information content (AvgIpc) is 3.00. The molecule has 0 radical (unpaired) electrons. The number of rotatable bonds is 4. The Morgan fingerprint density at radius 3 is 2.75 bits per heavy atom. The molecular formula is C22H20ClNO4. The highest BCUT2D eigenvalue weighted by Gasteiger charge is 2.39. The van der Waals surface area contributed by atoms with Gasteiger partial charge in [0.2, 0.25) is 0 Å². The first-order valence-corrected chi connectivity index (χ1v) is 9.67. The van der Waals surface area contributed by atoms with Crippen LogP contribution in [0.15, 0.2) is 36.4 Å². The smallest absolute Gasteiger partial charge is 0.255 e. The lowest BCUT2D eigenvalue weighted by Crippen LogP contribution is -2.44. The van der Waals surface area contributed by atoms with E-state index in [4.69, 9.17) is 16.3 Å². The Bertz CT molecular complexity index is 984. The van der Waals surface area contributed by atoms with E-state index >= 15 is 0 Å². The first kappa shape index (κ1) is 18.7. The Morgan fingerprint density at radius 2 is 2.00 bits per heavy atom. The summed E-state index contributed by atoms with van der Waals surface area (Å²) >= 11 is 6.07. The molecular weight excluding hydrogens is 378 g/mol. The van der Waals surface area contributed by atoms with E-state index < -0.39 is 6.04 Å². The topological polar surface area (TPSA) is 63.7 Å². The van der Waals surface area contributed by atoms with Gasteiger partial charge in [-0.25, -0.2) is 0 Å². The lowest BCUT2D eigenvalue weighted by molar-refractivity contribution is -0.133. The Balaban J connectivity index is 1.53. The summed E-state index contributed by atoms with van der Waals surface area (Å²) in [7, 11) is 0. The normalized spacial score (nSPS) is 19.1. The van der Waals surface area contributed by atoms with Crippen LogP contribution in [0.3, 0.4) is 0 Å². The number of hydrogen-bond donors (Lipinski definition) is 0. The van der Waals surface area contributed by atoms with Crippen molar-refractivity contribution < 1.29 is 19.1 Å². The Labute approximate surface area is 168 Å². The fourth-order valence-corrected chi connectivity index (χ4v) is 3.98. The molecule has 6 heteroatoms. The van der Waals surface area contributed by atoms with Crippen LogP contribution < -0.4 is 4.74 Å². The zero-order valence-corrected chi connectivity index (χ0v) is 16.3. The SMILES string of the molecule is Cc1cc(COc2cccc3c2CN(C2CCC(=O)CC2=O)C3=O)ccc1Cl. The van der Waals surface area contributed by atoms with Crippen LogP contribution in [-0.4, -0.2) is 28.4 Å². The predicted octanol–water partition coefficient (Wildman–Crippen LogP) is 3.87. The molecule has 0 saturated heterocycles. The number of aryl methyl sites for hydroxylation is 1. The van der Waals surface area contributed by atoms with Crippen LogP contribution in [0.2, 0.25) is 5.02 Å². The van der Waals surface area contributed by atoms with Gasteiger partial charge in [-0.1, -0.05) is 29.8 Å². The van der Waals surface area contributed by atoms with Crippen molar-refractivity contribution in [3.05, 3.63) is 63.7 Å². The van der Waals surface area contributed by atoms with E-state index in [1.54, 1.807) is 17.0 Å². The van der Waals surface area contributed by atoms with Crippen LogP contribution in [0.5, 0.6) is 5.75 Å². The summed E-state index contributed by atoms with van der Waals surface area (Å²) in [6.07, 6.45) is 0.664. The average molecular weight is 398 g/mol. The minimum atomic E-state index is -0.524. The largest absolute Gasteiger partial charge is 0.489 e. The zero-order valence-electron chi connectivity index (χ0n) is 15.5. The maximum atomic E-state index is 12.9. The molecule has 1 aliphatic carbocycles. The van der Waals surface area contributed by atoms with E-state index in [0.29, 0.717) is 42.3 Å². The van der Waals surface area contributed by atoms with Gasteiger partial charge in [0.15, 0.2) is 5.78 Å². The number of carbonyl (C=O) groups is 3. The Hall–Kier alpha value is -2.66. The molecule has 2 aromatic carbocycles. The number of hydrogen-bond acceptors (Lipinski definition) is 4. The number of halogens is 1. The minimum Gasteiger partial charge on any atom is -0.489 e. The van der Waals surface area contributed by atoms with Crippen LogP contribution in [0.4, 0.5) is 0 Å². The van der Waals surface area contributed by atoms with Crippen LogP contribution >= 0.6 is 11.6 Å². The third-order valence-corrected chi connectivity index (χ3v) is 5.81. The van der Waals surface area contributed by atoms with Crippen molar-refractivity contribution in [2.45, 2.75) is 45.4 Å². The van der Waals surface area contributed by atoms with E-state index in [-0.39, 0.29) is 23.9 Å². The summed E-state index contributed by atoms with van der Waals surface area (Å²) in [5.74, 6) is 0.250. The summed E-state index contributed by atoms with van der Waals surface area (Å²) < 4.78 is 6.00. The Morgan fingerprint density at radius 1 is 1.18 bits per heavy atom. The second-order valence-corrected chi connectivity index (χ2v) is 7.73. The molecule has 0 spiro atoms. The van der Waals surface area contributed by atoms with Crippen LogP contribution in [0.25, 0.3) is 0 Å².